The van der Waals surface area contributed by atoms with Gasteiger partial charge in [0, 0.05) is 34.4 Å². The first kappa shape index (κ1) is 17.8. The lowest BCUT2D eigenvalue weighted by molar-refractivity contribution is 0.0781. The second-order valence-electron chi connectivity index (χ2n) is 8.21. The molecule has 6 nitrogen and oxygen atoms in total. The Balaban J connectivity index is 1.59. The van der Waals surface area contributed by atoms with Gasteiger partial charge in [0.1, 0.15) is 0 Å². The van der Waals surface area contributed by atoms with Crippen molar-refractivity contribution in [3.63, 3.8) is 0 Å². The van der Waals surface area contributed by atoms with Crippen molar-refractivity contribution in [2.75, 3.05) is 13.1 Å². The van der Waals surface area contributed by atoms with E-state index >= 15 is 0 Å². The first-order valence-electron chi connectivity index (χ1n) is 9.81. The van der Waals surface area contributed by atoms with Gasteiger partial charge in [-0.25, -0.2) is 4.98 Å². The van der Waals surface area contributed by atoms with Gasteiger partial charge < -0.3 is 15.2 Å². The first-order chi connectivity index (χ1) is 13.4. The van der Waals surface area contributed by atoms with E-state index in [1.54, 1.807) is 11.3 Å². The van der Waals surface area contributed by atoms with Crippen LogP contribution in [0.4, 0.5) is 0 Å². The van der Waals surface area contributed by atoms with E-state index in [9.17, 15) is 4.79 Å². The Bertz CT molecular complexity index is 1090. The number of carbonyl (C=O) groups is 1. The van der Waals surface area contributed by atoms with Gasteiger partial charge in [-0.05, 0) is 57.6 Å². The molecule has 0 aromatic carbocycles. The molecule has 2 N–H and O–H groups in total. The molecule has 3 unspecified atom stereocenters. The van der Waals surface area contributed by atoms with Crippen molar-refractivity contribution in [3.05, 3.63) is 33.1 Å². The standard InChI is InChI=1S/C21H24N4O2S/c1-10-6-14(12(3)28-10)18-7-15(19-11(2)24-27-20(19)23-18)21(26)25-8-13-4-5-17(22)16(13)9-25/h6-7,13,16-17H,4-5,8-9,22H2,1-3H3. The van der Waals surface area contributed by atoms with E-state index in [4.69, 9.17) is 10.3 Å². The summed E-state index contributed by atoms with van der Waals surface area (Å²) in [4.78, 5) is 22.5. The van der Waals surface area contributed by atoms with Crippen LogP contribution in [0.15, 0.2) is 16.7 Å². The maximum absolute atomic E-state index is 13.5. The molecule has 1 saturated heterocycles. The third kappa shape index (κ3) is 2.68. The van der Waals surface area contributed by atoms with Crippen molar-refractivity contribution < 1.29 is 9.32 Å². The number of thiophene rings is 1. The predicted molar refractivity (Wildman–Crippen MR) is 109 cm³/mol. The minimum Gasteiger partial charge on any atom is -0.338 e. The van der Waals surface area contributed by atoms with Crippen molar-refractivity contribution in [2.24, 2.45) is 17.6 Å². The lowest BCUT2D eigenvalue weighted by Gasteiger charge is -2.19. The predicted octanol–water partition coefficient (Wildman–Crippen LogP) is 3.69. The van der Waals surface area contributed by atoms with Gasteiger partial charge in [-0.2, -0.15) is 0 Å². The van der Waals surface area contributed by atoms with Crippen molar-refractivity contribution in [1.82, 2.24) is 15.0 Å². The van der Waals surface area contributed by atoms with E-state index in [1.807, 2.05) is 17.9 Å². The molecule has 1 aliphatic carbocycles. The van der Waals surface area contributed by atoms with Gasteiger partial charge in [0.2, 0.25) is 0 Å². The van der Waals surface area contributed by atoms with Gasteiger partial charge in [-0.3, -0.25) is 4.79 Å². The molecule has 4 heterocycles. The quantitative estimate of drug-likeness (QED) is 0.714. The molecule has 0 bridgehead atoms. The Morgan fingerprint density at radius 2 is 2.07 bits per heavy atom. The molecule has 28 heavy (non-hydrogen) atoms. The number of aryl methyl sites for hydroxylation is 3. The number of fused-ring (bicyclic) bond motifs is 2. The van der Waals surface area contributed by atoms with Crippen LogP contribution in [-0.2, 0) is 0 Å². The average Bonchev–Trinajstić information content (AvgIpc) is 3.40. The summed E-state index contributed by atoms with van der Waals surface area (Å²) in [5.74, 6) is 0.985. The maximum atomic E-state index is 13.5. The highest BCUT2D eigenvalue weighted by atomic mass is 32.1. The zero-order chi connectivity index (χ0) is 19.6. The van der Waals surface area contributed by atoms with Crippen molar-refractivity contribution >= 4 is 28.3 Å². The van der Waals surface area contributed by atoms with Crippen LogP contribution in [0.1, 0.15) is 38.6 Å². The highest BCUT2D eigenvalue weighted by Gasteiger charge is 2.43. The van der Waals surface area contributed by atoms with E-state index in [0.717, 1.165) is 42.6 Å². The lowest BCUT2D eigenvalue weighted by atomic mass is 9.98. The van der Waals surface area contributed by atoms with Crippen LogP contribution < -0.4 is 5.73 Å². The van der Waals surface area contributed by atoms with Gasteiger partial charge in [-0.1, -0.05) is 5.16 Å². The number of pyridine rings is 1. The first-order valence-corrected chi connectivity index (χ1v) is 10.6. The van der Waals surface area contributed by atoms with Gasteiger partial charge in [0.25, 0.3) is 11.6 Å². The largest absolute Gasteiger partial charge is 0.338 e. The average molecular weight is 397 g/mol. The number of amides is 1. The van der Waals surface area contributed by atoms with Gasteiger partial charge in [0.05, 0.1) is 22.3 Å². The van der Waals surface area contributed by atoms with Crippen LogP contribution in [0.25, 0.3) is 22.4 Å². The van der Waals surface area contributed by atoms with Crippen LogP contribution in [0.2, 0.25) is 0 Å². The minimum absolute atomic E-state index is 0.0335. The summed E-state index contributed by atoms with van der Waals surface area (Å²) in [7, 11) is 0. The second kappa shape index (κ2) is 6.39. The van der Waals surface area contributed by atoms with E-state index in [1.165, 1.54) is 9.75 Å². The molecular formula is C21H24N4O2S. The molecule has 1 amide bonds. The van der Waals surface area contributed by atoms with E-state index in [2.05, 4.69) is 30.1 Å². The van der Waals surface area contributed by atoms with E-state index in [-0.39, 0.29) is 11.9 Å². The highest BCUT2D eigenvalue weighted by Crippen LogP contribution is 2.39. The molecular weight excluding hydrogens is 372 g/mol. The number of nitrogens with two attached hydrogens (primary N) is 1. The summed E-state index contributed by atoms with van der Waals surface area (Å²) in [6, 6.07) is 4.24. The Morgan fingerprint density at radius 3 is 2.79 bits per heavy atom. The lowest BCUT2D eigenvalue weighted by Crippen LogP contribution is -2.33. The summed E-state index contributed by atoms with van der Waals surface area (Å²) >= 11 is 1.73. The number of hydrogen-bond acceptors (Lipinski definition) is 6. The molecule has 0 spiro atoms. The Hall–Kier alpha value is -2.25. The monoisotopic (exact) mass is 396 g/mol. The molecule has 7 heteroatoms. The molecule has 1 aliphatic heterocycles. The number of nitrogens with zero attached hydrogens (tertiary/aromatic N) is 3. The molecule has 0 radical (unpaired) electrons. The van der Waals surface area contributed by atoms with Crippen LogP contribution in [0, 0.1) is 32.6 Å². The number of likely N-dealkylation sites (tertiary alicyclic amines) is 1. The summed E-state index contributed by atoms with van der Waals surface area (Å²) in [6.07, 6.45) is 2.19. The van der Waals surface area contributed by atoms with Crippen molar-refractivity contribution in [2.45, 2.75) is 39.7 Å². The third-order valence-corrected chi connectivity index (χ3v) is 7.33. The fourth-order valence-corrected chi connectivity index (χ4v) is 5.86. The zero-order valence-electron chi connectivity index (χ0n) is 16.4. The van der Waals surface area contributed by atoms with E-state index < -0.39 is 0 Å². The fourth-order valence-electron chi connectivity index (χ4n) is 4.93. The minimum atomic E-state index is 0.0335. The molecule has 3 aromatic rings. The number of aromatic nitrogens is 2. The number of rotatable bonds is 2. The molecule has 3 aromatic heterocycles. The van der Waals surface area contributed by atoms with Crippen LogP contribution in [0.3, 0.4) is 0 Å². The SMILES string of the molecule is Cc1cc(-c2cc(C(=O)N3CC4CCC(N)C4C3)c3c(C)noc3n2)c(C)s1. The number of hydrogen-bond donors (Lipinski definition) is 1. The van der Waals surface area contributed by atoms with Gasteiger partial charge in [-0.15, -0.1) is 11.3 Å². The summed E-state index contributed by atoms with van der Waals surface area (Å²) in [5.41, 5.74) is 9.85. The zero-order valence-corrected chi connectivity index (χ0v) is 17.2. The molecule has 146 valence electrons. The maximum Gasteiger partial charge on any atom is 0.259 e. The number of carbonyl (C=O) groups excluding carboxylic acids is 1. The van der Waals surface area contributed by atoms with Gasteiger partial charge in [0.15, 0.2) is 0 Å². The smallest absolute Gasteiger partial charge is 0.259 e. The second-order valence-corrected chi connectivity index (χ2v) is 9.67. The molecule has 1 saturated carbocycles. The topological polar surface area (TPSA) is 85.2 Å². The Kier molecular flexibility index (Phi) is 4.07. The van der Waals surface area contributed by atoms with Crippen molar-refractivity contribution in [1.29, 1.82) is 0 Å². The van der Waals surface area contributed by atoms with Crippen molar-refractivity contribution in [3.8, 4) is 11.3 Å². The van der Waals surface area contributed by atoms with Crippen LogP contribution >= 0.6 is 11.3 Å². The highest BCUT2D eigenvalue weighted by molar-refractivity contribution is 7.12. The van der Waals surface area contributed by atoms with Crippen LogP contribution in [0.5, 0.6) is 0 Å². The van der Waals surface area contributed by atoms with Crippen LogP contribution in [-0.4, -0.2) is 40.1 Å². The fraction of sp³-hybridized carbons (Fsp3) is 0.476. The summed E-state index contributed by atoms with van der Waals surface area (Å²) in [5, 5.41) is 4.79. The summed E-state index contributed by atoms with van der Waals surface area (Å²) < 4.78 is 5.45. The molecule has 3 atom stereocenters. The van der Waals surface area contributed by atoms with E-state index in [0.29, 0.717) is 28.8 Å². The normalized spacial score (nSPS) is 24.3. The summed E-state index contributed by atoms with van der Waals surface area (Å²) in [6.45, 7) is 7.55. The third-order valence-electron chi connectivity index (χ3n) is 6.36. The van der Waals surface area contributed by atoms with Gasteiger partial charge >= 0.3 is 0 Å². The molecule has 2 fully saturated rings. The Morgan fingerprint density at radius 1 is 1.25 bits per heavy atom. The molecule has 2 aliphatic rings. The Labute approximate surface area is 167 Å². The molecule has 5 rings (SSSR count).